The third-order valence-corrected chi connectivity index (χ3v) is 5.71. The molecule has 0 bridgehead atoms. The molecule has 1 saturated heterocycles. The fourth-order valence-electron chi connectivity index (χ4n) is 3.47. The quantitative estimate of drug-likeness (QED) is 0.869. The Bertz CT molecular complexity index is 397. The normalized spacial score (nSPS) is 34.0. The Balaban J connectivity index is 2.32. The Morgan fingerprint density at radius 2 is 1.95 bits per heavy atom. The highest BCUT2D eigenvalue weighted by Gasteiger charge is 2.48. The maximum absolute atomic E-state index is 12.8. The number of carbonyl (C=O) groups excluding carboxylic acids is 2. The van der Waals surface area contributed by atoms with Crippen LogP contribution in [0.3, 0.4) is 0 Å². The van der Waals surface area contributed by atoms with Crippen molar-refractivity contribution in [3.8, 4) is 0 Å². The number of thioether (sulfide) groups is 1. The molecule has 0 radical (unpaired) electrons. The zero-order valence-electron chi connectivity index (χ0n) is 12.9. The van der Waals surface area contributed by atoms with Gasteiger partial charge in [-0.25, -0.2) is 0 Å². The van der Waals surface area contributed by atoms with Crippen LogP contribution < -0.4 is 5.32 Å². The number of hydrogen-bond donors (Lipinski definition) is 1. The van der Waals surface area contributed by atoms with Gasteiger partial charge in [-0.05, 0) is 39.4 Å². The van der Waals surface area contributed by atoms with E-state index in [4.69, 9.17) is 0 Å². The Morgan fingerprint density at radius 1 is 1.30 bits per heavy atom. The van der Waals surface area contributed by atoms with Crippen LogP contribution >= 0.6 is 11.8 Å². The zero-order valence-corrected chi connectivity index (χ0v) is 13.8. The Labute approximate surface area is 126 Å². The van der Waals surface area contributed by atoms with Gasteiger partial charge in [0, 0.05) is 11.3 Å². The molecule has 1 saturated carbocycles. The van der Waals surface area contributed by atoms with Crippen LogP contribution in [0, 0.1) is 0 Å². The fraction of sp³-hybridized carbons (Fsp3) is 0.867. The largest absolute Gasteiger partial charge is 0.340 e. The van der Waals surface area contributed by atoms with Crippen molar-refractivity contribution < 1.29 is 9.59 Å². The molecular weight excluding hydrogens is 272 g/mol. The summed E-state index contributed by atoms with van der Waals surface area (Å²) < 4.78 is 0. The first kappa shape index (κ1) is 15.7. The maximum Gasteiger partial charge on any atom is 0.248 e. The number of hydrogen-bond acceptors (Lipinski definition) is 3. The monoisotopic (exact) mass is 298 g/mol. The predicted molar refractivity (Wildman–Crippen MR) is 82.7 cm³/mol. The third-order valence-electron chi connectivity index (χ3n) is 4.56. The van der Waals surface area contributed by atoms with Crippen molar-refractivity contribution in [3.05, 3.63) is 0 Å². The summed E-state index contributed by atoms with van der Waals surface area (Å²) in [5, 5.41) is 3.33. The Kier molecular flexibility index (Phi) is 4.67. The average molecular weight is 298 g/mol. The van der Waals surface area contributed by atoms with E-state index in [1.54, 1.807) is 0 Å². The lowest BCUT2D eigenvalue weighted by atomic mass is 9.87. The van der Waals surface area contributed by atoms with E-state index in [0.717, 1.165) is 19.3 Å². The molecule has 2 rings (SSSR count). The van der Waals surface area contributed by atoms with Gasteiger partial charge in [-0.1, -0.05) is 19.8 Å². The molecule has 2 amide bonds. The van der Waals surface area contributed by atoms with Crippen molar-refractivity contribution in [2.75, 3.05) is 6.26 Å². The minimum atomic E-state index is -0.775. The summed E-state index contributed by atoms with van der Waals surface area (Å²) in [6, 6.07) is -0.0881. The first-order valence-corrected chi connectivity index (χ1v) is 8.88. The van der Waals surface area contributed by atoms with Crippen LogP contribution in [-0.4, -0.2) is 45.8 Å². The Hall–Kier alpha value is -0.710. The summed E-state index contributed by atoms with van der Waals surface area (Å²) in [7, 11) is 0. The van der Waals surface area contributed by atoms with Crippen LogP contribution in [-0.2, 0) is 9.59 Å². The van der Waals surface area contributed by atoms with Gasteiger partial charge in [0.25, 0.3) is 0 Å². The average Bonchev–Trinajstić information content (AvgIpc) is 2.42. The number of nitrogens with zero attached hydrogens (tertiary/aromatic N) is 1. The van der Waals surface area contributed by atoms with Gasteiger partial charge >= 0.3 is 0 Å². The highest BCUT2D eigenvalue weighted by atomic mass is 32.2. The molecule has 4 nitrogen and oxygen atoms in total. The van der Waals surface area contributed by atoms with Crippen LogP contribution in [0.2, 0.25) is 0 Å². The molecule has 1 heterocycles. The molecule has 2 fully saturated rings. The lowest BCUT2D eigenvalue weighted by Gasteiger charge is -2.49. The van der Waals surface area contributed by atoms with E-state index in [9.17, 15) is 9.59 Å². The van der Waals surface area contributed by atoms with Gasteiger partial charge in [0.1, 0.15) is 11.6 Å². The van der Waals surface area contributed by atoms with Crippen LogP contribution in [0.1, 0.15) is 52.9 Å². The van der Waals surface area contributed by atoms with Crippen molar-refractivity contribution >= 4 is 23.6 Å². The molecule has 1 N–H and O–H groups in total. The number of amides is 2. The third kappa shape index (κ3) is 2.69. The van der Waals surface area contributed by atoms with E-state index in [1.165, 1.54) is 6.42 Å². The van der Waals surface area contributed by atoms with Crippen LogP contribution in [0.5, 0.6) is 0 Å². The van der Waals surface area contributed by atoms with Gasteiger partial charge in [-0.3, -0.25) is 9.59 Å². The molecule has 1 aliphatic carbocycles. The van der Waals surface area contributed by atoms with E-state index < -0.39 is 5.54 Å². The van der Waals surface area contributed by atoms with Crippen molar-refractivity contribution in [3.63, 3.8) is 0 Å². The maximum atomic E-state index is 12.8. The number of nitrogens with one attached hydrogen (secondary N) is 1. The van der Waals surface area contributed by atoms with E-state index >= 15 is 0 Å². The molecule has 1 aliphatic heterocycles. The summed E-state index contributed by atoms with van der Waals surface area (Å²) in [5.41, 5.74) is -0.775. The standard InChI is InChI=1S/C15H26N2O2S/c1-5-10-13(18)16-15(2,3)14(19)17(10)11-8-6-7-9-12(11)20-4/h10-12H,5-9H2,1-4H3,(H,16,18). The molecule has 0 spiro atoms. The summed E-state index contributed by atoms with van der Waals surface area (Å²) >= 11 is 1.84. The molecule has 114 valence electrons. The highest BCUT2D eigenvalue weighted by molar-refractivity contribution is 7.99. The first-order valence-electron chi connectivity index (χ1n) is 7.60. The van der Waals surface area contributed by atoms with E-state index in [2.05, 4.69) is 11.6 Å². The molecule has 3 atom stereocenters. The molecular formula is C15H26N2O2S. The highest BCUT2D eigenvalue weighted by Crippen LogP contribution is 2.35. The zero-order chi connectivity index (χ0) is 14.9. The molecule has 2 aliphatic rings. The van der Waals surface area contributed by atoms with Gasteiger partial charge in [0.05, 0.1) is 0 Å². The van der Waals surface area contributed by atoms with Gasteiger partial charge in [0.2, 0.25) is 11.8 Å². The summed E-state index contributed by atoms with van der Waals surface area (Å²) in [4.78, 5) is 27.1. The molecule has 0 aromatic rings. The van der Waals surface area contributed by atoms with E-state index in [1.807, 2.05) is 37.4 Å². The van der Waals surface area contributed by atoms with Crippen molar-refractivity contribution in [2.45, 2.75) is 75.7 Å². The van der Waals surface area contributed by atoms with Gasteiger partial charge < -0.3 is 10.2 Å². The van der Waals surface area contributed by atoms with Crippen molar-refractivity contribution in [1.82, 2.24) is 10.2 Å². The molecule has 0 aromatic carbocycles. The van der Waals surface area contributed by atoms with Gasteiger partial charge in [0.15, 0.2) is 0 Å². The number of rotatable bonds is 3. The summed E-state index contributed by atoms with van der Waals surface area (Å²) in [6.07, 6.45) is 7.36. The van der Waals surface area contributed by atoms with Crippen molar-refractivity contribution in [2.24, 2.45) is 0 Å². The summed E-state index contributed by atoms with van der Waals surface area (Å²) in [5.74, 6) is 0.0810. The smallest absolute Gasteiger partial charge is 0.248 e. The second-order valence-electron chi connectivity index (χ2n) is 6.38. The summed E-state index contributed by atoms with van der Waals surface area (Å²) in [6.45, 7) is 5.60. The second kappa shape index (κ2) is 5.96. The first-order chi connectivity index (χ1) is 9.42. The molecule has 5 heteroatoms. The lowest BCUT2D eigenvalue weighted by molar-refractivity contribution is -0.157. The topological polar surface area (TPSA) is 49.4 Å². The molecule has 3 unspecified atom stereocenters. The van der Waals surface area contributed by atoms with Gasteiger partial charge in [-0.2, -0.15) is 11.8 Å². The molecule has 20 heavy (non-hydrogen) atoms. The number of piperazine rings is 1. The minimum absolute atomic E-state index is 0.00234. The van der Waals surface area contributed by atoms with E-state index in [0.29, 0.717) is 11.7 Å². The second-order valence-corrected chi connectivity index (χ2v) is 7.45. The van der Waals surface area contributed by atoms with Crippen LogP contribution in [0.15, 0.2) is 0 Å². The van der Waals surface area contributed by atoms with Gasteiger partial charge in [-0.15, -0.1) is 0 Å². The van der Waals surface area contributed by atoms with E-state index in [-0.39, 0.29) is 23.9 Å². The lowest BCUT2D eigenvalue weighted by Crippen LogP contribution is -2.71. The van der Waals surface area contributed by atoms with Crippen molar-refractivity contribution in [1.29, 1.82) is 0 Å². The fourth-order valence-corrected chi connectivity index (χ4v) is 4.45. The predicted octanol–water partition coefficient (Wildman–Crippen LogP) is 2.18. The SMILES string of the molecule is CCC1C(=O)NC(C)(C)C(=O)N1C1CCCCC1SC. The molecule has 0 aromatic heterocycles. The van der Waals surface area contributed by atoms with Crippen LogP contribution in [0.4, 0.5) is 0 Å². The Morgan fingerprint density at radius 3 is 2.55 bits per heavy atom. The minimum Gasteiger partial charge on any atom is -0.340 e. The number of carbonyl (C=O) groups is 2. The van der Waals surface area contributed by atoms with Crippen LogP contribution in [0.25, 0.3) is 0 Å².